The average Bonchev–Trinajstić information content (AvgIpc) is 3.17. The van der Waals surface area contributed by atoms with Crippen LogP contribution < -0.4 is 0 Å². The molecule has 1 saturated heterocycles. The van der Waals surface area contributed by atoms with Crippen molar-refractivity contribution in [2.24, 2.45) is 0 Å². The van der Waals surface area contributed by atoms with Crippen molar-refractivity contribution in [2.45, 2.75) is 38.6 Å². The minimum Gasteiger partial charge on any atom is -0.360 e. The van der Waals surface area contributed by atoms with Gasteiger partial charge < -0.3 is 9.42 Å². The molecule has 0 spiro atoms. The van der Waals surface area contributed by atoms with E-state index in [1.165, 1.54) is 5.56 Å². The average molecular weight is 284 g/mol. The van der Waals surface area contributed by atoms with Gasteiger partial charge in [-0.1, -0.05) is 49.3 Å². The molecule has 0 saturated carbocycles. The van der Waals surface area contributed by atoms with Crippen molar-refractivity contribution >= 4 is 5.91 Å². The molecule has 2 heterocycles. The van der Waals surface area contributed by atoms with Gasteiger partial charge in [-0.25, -0.2) is 0 Å². The van der Waals surface area contributed by atoms with Crippen molar-refractivity contribution in [3.05, 3.63) is 53.4 Å². The third-order valence-electron chi connectivity index (χ3n) is 4.01. The van der Waals surface area contributed by atoms with E-state index in [1.54, 1.807) is 6.07 Å². The molecule has 1 fully saturated rings. The Kier molecular flexibility index (Phi) is 3.78. The molecular formula is C17H20N2O2. The topological polar surface area (TPSA) is 46.3 Å². The van der Waals surface area contributed by atoms with Crippen LogP contribution in [0.25, 0.3) is 0 Å². The van der Waals surface area contributed by atoms with Crippen molar-refractivity contribution in [1.29, 1.82) is 0 Å². The van der Waals surface area contributed by atoms with E-state index in [-0.39, 0.29) is 17.9 Å². The highest BCUT2D eigenvalue weighted by Crippen LogP contribution is 2.33. The van der Waals surface area contributed by atoms with E-state index in [0.717, 1.165) is 25.1 Å². The second-order valence-corrected chi connectivity index (χ2v) is 5.84. The van der Waals surface area contributed by atoms with Crippen molar-refractivity contribution in [3.63, 3.8) is 0 Å². The third-order valence-corrected chi connectivity index (χ3v) is 4.01. The van der Waals surface area contributed by atoms with E-state index in [1.807, 2.05) is 36.9 Å². The normalized spacial score (nSPS) is 18.4. The van der Waals surface area contributed by atoms with Gasteiger partial charge in [0.1, 0.15) is 5.76 Å². The third kappa shape index (κ3) is 2.71. The maximum absolute atomic E-state index is 12.7. The van der Waals surface area contributed by atoms with E-state index in [0.29, 0.717) is 5.69 Å². The van der Waals surface area contributed by atoms with E-state index >= 15 is 0 Å². The number of carbonyl (C=O) groups is 1. The molecule has 1 aliphatic heterocycles. The molecule has 4 nitrogen and oxygen atoms in total. The Morgan fingerprint density at radius 1 is 1.33 bits per heavy atom. The van der Waals surface area contributed by atoms with Crippen LogP contribution in [-0.4, -0.2) is 22.5 Å². The number of likely N-dealkylation sites (tertiary alicyclic amines) is 1. The summed E-state index contributed by atoms with van der Waals surface area (Å²) >= 11 is 0. The first kappa shape index (κ1) is 13.9. The lowest BCUT2D eigenvalue weighted by molar-refractivity contribution is 0.0725. The molecule has 1 aromatic carbocycles. The standard InChI is InChI=1S/C17H20N2O2/c1-12(2)16-11-14(18-21-16)17(20)19-10-6-9-15(19)13-7-4-3-5-8-13/h3-5,7-8,11-12,15H,6,9-10H2,1-2H3/t15-/m1/s1. The van der Waals surface area contributed by atoms with Gasteiger partial charge in [0.2, 0.25) is 0 Å². The predicted octanol–water partition coefficient (Wildman–Crippen LogP) is 3.78. The summed E-state index contributed by atoms with van der Waals surface area (Å²) in [5.74, 6) is 0.966. The molecule has 110 valence electrons. The summed E-state index contributed by atoms with van der Waals surface area (Å²) < 4.78 is 5.25. The summed E-state index contributed by atoms with van der Waals surface area (Å²) in [4.78, 5) is 14.6. The molecule has 1 aliphatic rings. The Labute approximate surface area is 124 Å². The van der Waals surface area contributed by atoms with E-state index in [9.17, 15) is 4.79 Å². The Balaban J connectivity index is 1.83. The van der Waals surface area contributed by atoms with Gasteiger partial charge in [-0.05, 0) is 18.4 Å². The molecule has 1 atom stereocenters. The number of hydrogen-bond acceptors (Lipinski definition) is 3. The number of carbonyl (C=O) groups excluding carboxylic acids is 1. The van der Waals surface area contributed by atoms with E-state index in [4.69, 9.17) is 4.52 Å². The molecule has 0 bridgehead atoms. The maximum Gasteiger partial charge on any atom is 0.276 e. The van der Waals surface area contributed by atoms with Crippen molar-refractivity contribution in [3.8, 4) is 0 Å². The van der Waals surface area contributed by atoms with Crippen LogP contribution in [0.2, 0.25) is 0 Å². The molecule has 3 rings (SSSR count). The zero-order valence-corrected chi connectivity index (χ0v) is 12.5. The second-order valence-electron chi connectivity index (χ2n) is 5.84. The first-order valence-corrected chi connectivity index (χ1v) is 7.49. The Bertz CT molecular complexity index is 619. The zero-order valence-electron chi connectivity index (χ0n) is 12.5. The smallest absolute Gasteiger partial charge is 0.276 e. The highest BCUT2D eigenvalue weighted by Gasteiger charge is 2.32. The number of amides is 1. The molecule has 4 heteroatoms. The van der Waals surface area contributed by atoms with Gasteiger partial charge in [-0.15, -0.1) is 0 Å². The van der Waals surface area contributed by atoms with Gasteiger partial charge in [0, 0.05) is 18.5 Å². The fraction of sp³-hybridized carbons (Fsp3) is 0.412. The fourth-order valence-corrected chi connectivity index (χ4v) is 2.84. The number of hydrogen-bond donors (Lipinski definition) is 0. The number of rotatable bonds is 3. The largest absolute Gasteiger partial charge is 0.360 e. The number of aromatic nitrogens is 1. The Hall–Kier alpha value is -2.10. The van der Waals surface area contributed by atoms with Crippen LogP contribution in [-0.2, 0) is 0 Å². The van der Waals surface area contributed by atoms with Gasteiger partial charge >= 0.3 is 0 Å². The second kappa shape index (κ2) is 5.72. The van der Waals surface area contributed by atoms with Crippen molar-refractivity contribution in [2.75, 3.05) is 6.54 Å². The fourth-order valence-electron chi connectivity index (χ4n) is 2.84. The lowest BCUT2D eigenvalue weighted by atomic mass is 10.0. The lowest BCUT2D eigenvalue weighted by Crippen LogP contribution is -2.30. The molecule has 0 unspecified atom stereocenters. The predicted molar refractivity (Wildman–Crippen MR) is 80.0 cm³/mol. The van der Waals surface area contributed by atoms with Crippen molar-refractivity contribution in [1.82, 2.24) is 10.1 Å². The number of nitrogens with zero attached hydrogens (tertiary/aromatic N) is 2. The highest BCUT2D eigenvalue weighted by molar-refractivity contribution is 5.92. The molecule has 0 aliphatic carbocycles. The Morgan fingerprint density at radius 2 is 2.10 bits per heavy atom. The van der Waals surface area contributed by atoms with Crippen LogP contribution in [0.4, 0.5) is 0 Å². The summed E-state index contributed by atoms with van der Waals surface area (Å²) in [7, 11) is 0. The molecule has 1 amide bonds. The maximum atomic E-state index is 12.7. The highest BCUT2D eigenvalue weighted by atomic mass is 16.5. The molecule has 0 radical (unpaired) electrons. The SMILES string of the molecule is CC(C)c1cc(C(=O)N2CCC[C@@H]2c2ccccc2)no1. The summed E-state index contributed by atoms with van der Waals surface area (Å²) in [6.07, 6.45) is 2.03. The minimum absolute atomic E-state index is 0.0306. The van der Waals surface area contributed by atoms with E-state index < -0.39 is 0 Å². The van der Waals surface area contributed by atoms with Crippen LogP contribution in [0.1, 0.15) is 60.5 Å². The number of benzene rings is 1. The van der Waals surface area contributed by atoms with Gasteiger partial charge in [-0.3, -0.25) is 4.79 Å². The molecular weight excluding hydrogens is 264 g/mol. The van der Waals surface area contributed by atoms with Crippen LogP contribution in [0.3, 0.4) is 0 Å². The first-order chi connectivity index (χ1) is 10.2. The summed E-state index contributed by atoms with van der Waals surface area (Å²) in [5.41, 5.74) is 1.61. The molecule has 2 aromatic rings. The van der Waals surface area contributed by atoms with Crippen LogP contribution in [0.15, 0.2) is 40.9 Å². The van der Waals surface area contributed by atoms with Gasteiger partial charge in [0.15, 0.2) is 5.69 Å². The minimum atomic E-state index is -0.0306. The lowest BCUT2D eigenvalue weighted by Gasteiger charge is -2.24. The van der Waals surface area contributed by atoms with Gasteiger partial charge in [0.25, 0.3) is 5.91 Å². The van der Waals surface area contributed by atoms with Crippen LogP contribution >= 0.6 is 0 Å². The first-order valence-electron chi connectivity index (χ1n) is 7.49. The summed E-state index contributed by atoms with van der Waals surface area (Å²) in [6, 6.07) is 12.1. The molecule has 1 aromatic heterocycles. The summed E-state index contributed by atoms with van der Waals surface area (Å²) in [5, 5.41) is 3.94. The molecule has 0 N–H and O–H groups in total. The van der Waals surface area contributed by atoms with Crippen molar-refractivity contribution < 1.29 is 9.32 Å². The van der Waals surface area contributed by atoms with Gasteiger partial charge in [-0.2, -0.15) is 0 Å². The summed E-state index contributed by atoms with van der Waals surface area (Å²) in [6.45, 7) is 4.83. The monoisotopic (exact) mass is 284 g/mol. The van der Waals surface area contributed by atoms with Crippen LogP contribution in [0, 0.1) is 0 Å². The Morgan fingerprint density at radius 3 is 2.76 bits per heavy atom. The van der Waals surface area contributed by atoms with Gasteiger partial charge in [0.05, 0.1) is 6.04 Å². The zero-order chi connectivity index (χ0) is 14.8. The molecule has 21 heavy (non-hydrogen) atoms. The van der Waals surface area contributed by atoms with Crippen LogP contribution in [0.5, 0.6) is 0 Å². The quantitative estimate of drug-likeness (QED) is 0.861. The van der Waals surface area contributed by atoms with E-state index in [2.05, 4.69) is 17.3 Å².